The average molecular weight is 300 g/mol. The first-order valence-electron chi connectivity index (χ1n) is 6.59. The van der Waals surface area contributed by atoms with Gasteiger partial charge in [-0.1, -0.05) is 0 Å². The summed E-state index contributed by atoms with van der Waals surface area (Å²) < 4.78 is 11.4. The lowest BCUT2D eigenvalue weighted by Gasteiger charge is -2.04. The fourth-order valence-corrected chi connectivity index (χ4v) is 1.71. The molecule has 0 aliphatic heterocycles. The monoisotopic (exact) mass is 300 g/mol. The van der Waals surface area contributed by atoms with Crippen LogP contribution in [-0.2, 0) is 16.6 Å². The Hall–Kier alpha value is -2.89. The van der Waals surface area contributed by atoms with E-state index in [-0.39, 0.29) is 12.4 Å². The van der Waals surface area contributed by atoms with Crippen molar-refractivity contribution < 1.29 is 19.1 Å². The average Bonchev–Trinajstić information content (AvgIpc) is 2.96. The molecular formula is C16H16N2O4. The highest BCUT2D eigenvalue weighted by molar-refractivity contribution is 6.06. The molecule has 0 aliphatic carbocycles. The van der Waals surface area contributed by atoms with E-state index >= 15 is 0 Å². The van der Waals surface area contributed by atoms with Crippen LogP contribution >= 0.6 is 0 Å². The largest absolute Gasteiger partial charge is 0.482 e. The highest BCUT2D eigenvalue weighted by atomic mass is 16.6. The maximum absolute atomic E-state index is 12.0. The summed E-state index contributed by atoms with van der Waals surface area (Å²) in [6.45, 7) is -0.162. The van der Waals surface area contributed by atoms with E-state index < -0.39 is 5.97 Å². The Morgan fingerprint density at radius 3 is 2.59 bits per heavy atom. The molecule has 0 atom stereocenters. The van der Waals surface area contributed by atoms with Crippen molar-refractivity contribution >= 4 is 17.8 Å². The van der Waals surface area contributed by atoms with Crippen LogP contribution < -0.4 is 4.74 Å². The van der Waals surface area contributed by atoms with Gasteiger partial charge in [0, 0.05) is 24.4 Å². The first kappa shape index (κ1) is 15.5. The Bertz CT molecular complexity index is 686. The molecule has 1 heterocycles. The molecule has 0 radical (unpaired) electrons. The number of benzene rings is 1. The number of ketones is 1. The molecule has 0 aliphatic rings. The van der Waals surface area contributed by atoms with Gasteiger partial charge in [-0.3, -0.25) is 9.48 Å². The Kier molecular flexibility index (Phi) is 5.08. The summed E-state index contributed by atoms with van der Waals surface area (Å²) in [6.07, 6.45) is 6.68. The molecule has 1 aromatic carbocycles. The highest BCUT2D eigenvalue weighted by Crippen LogP contribution is 2.13. The van der Waals surface area contributed by atoms with Gasteiger partial charge in [-0.25, -0.2) is 4.79 Å². The van der Waals surface area contributed by atoms with Crippen molar-refractivity contribution in [2.24, 2.45) is 7.05 Å². The van der Waals surface area contributed by atoms with E-state index in [1.54, 1.807) is 41.2 Å². The third-order valence-corrected chi connectivity index (χ3v) is 2.88. The smallest absolute Gasteiger partial charge is 0.343 e. The number of esters is 1. The Balaban J connectivity index is 1.96. The van der Waals surface area contributed by atoms with E-state index in [0.717, 1.165) is 5.56 Å². The normalized spacial score (nSPS) is 10.6. The number of carbonyl (C=O) groups is 2. The van der Waals surface area contributed by atoms with Crippen LogP contribution in [0.1, 0.15) is 15.9 Å². The van der Waals surface area contributed by atoms with Crippen LogP contribution in [-0.4, -0.2) is 35.2 Å². The van der Waals surface area contributed by atoms with Gasteiger partial charge in [-0.2, -0.15) is 5.10 Å². The van der Waals surface area contributed by atoms with Gasteiger partial charge >= 0.3 is 5.97 Å². The van der Waals surface area contributed by atoms with Gasteiger partial charge in [-0.05, 0) is 36.4 Å². The van der Waals surface area contributed by atoms with Gasteiger partial charge in [0.15, 0.2) is 12.4 Å². The van der Waals surface area contributed by atoms with E-state index in [2.05, 4.69) is 9.84 Å². The molecule has 22 heavy (non-hydrogen) atoms. The number of hydrogen-bond acceptors (Lipinski definition) is 5. The molecule has 6 nitrogen and oxygen atoms in total. The van der Waals surface area contributed by atoms with E-state index in [9.17, 15) is 9.59 Å². The van der Waals surface area contributed by atoms with Crippen molar-refractivity contribution in [3.8, 4) is 5.75 Å². The summed E-state index contributed by atoms with van der Waals surface area (Å²) in [5.41, 5.74) is 1.39. The summed E-state index contributed by atoms with van der Waals surface area (Å²) in [6, 6.07) is 6.55. The van der Waals surface area contributed by atoms with Gasteiger partial charge < -0.3 is 9.47 Å². The lowest BCUT2D eigenvalue weighted by molar-refractivity contribution is -0.142. The lowest BCUT2D eigenvalue weighted by Crippen LogP contribution is -2.12. The standard InChI is InChI=1S/C16H16N2O4/c1-18-10-12(9-17-18)3-8-15(19)13-4-6-14(7-5-13)22-11-16(20)21-2/h3-10H,11H2,1-2H3. The van der Waals surface area contributed by atoms with E-state index in [0.29, 0.717) is 11.3 Å². The zero-order valence-corrected chi connectivity index (χ0v) is 12.4. The minimum absolute atomic E-state index is 0.122. The molecule has 0 spiro atoms. The number of carbonyl (C=O) groups excluding carboxylic acids is 2. The van der Waals surface area contributed by atoms with Crippen LogP contribution in [0.4, 0.5) is 0 Å². The molecule has 1 aromatic heterocycles. The molecule has 2 rings (SSSR count). The Morgan fingerprint density at radius 1 is 1.27 bits per heavy atom. The van der Waals surface area contributed by atoms with Crippen LogP contribution in [0.15, 0.2) is 42.7 Å². The van der Waals surface area contributed by atoms with Crippen molar-refractivity contribution in [3.05, 3.63) is 53.9 Å². The fourth-order valence-electron chi connectivity index (χ4n) is 1.71. The number of ether oxygens (including phenoxy) is 2. The van der Waals surface area contributed by atoms with Crippen LogP contribution in [0.25, 0.3) is 6.08 Å². The fraction of sp³-hybridized carbons (Fsp3) is 0.188. The summed E-state index contributed by atoms with van der Waals surface area (Å²) >= 11 is 0. The van der Waals surface area contributed by atoms with Crippen molar-refractivity contribution in [1.82, 2.24) is 9.78 Å². The minimum atomic E-state index is -0.459. The number of allylic oxidation sites excluding steroid dienone is 1. The maximum atomic E-state index is 12.0. The molecular weight excluding hydrogens is 284 g/mol. The van der Waals surface area contributed by atoms with Gasteiger partial charge in [0.1, 0.15) is 5.75 Å². The molecule has 0 N–H and O–H groups in total. The molecule has 6 heteroatoms. The molecule has 2 aromatic rings. The molecule has 0 bridgehead atoms. The Morgan fingerprint density at radius 2 is 2.00 bits per heavy atom. The number of nitrogens with zero attached hydrogens (tertiary/aromatic N) is 2. The predicted octanol–water partition coefficient (Wildman–Crippen LogP) is 1.87. The van der Waals surface area contributed by atoms with Crippen molar-refractivity contribution in [1.29, 1.82) is 0 Å². The number of aryl methyl sites for hydroxylation is 1. The zero-order valence-electron chi connectivity index (χ0n) is 12.4. The van der Waals surface area contributed by atoms with Crippen LogP contribution in [0.3, 0.4) is 0 Å². The van der Waals surface area contributed by atoms with E-state index in [1.165, 1.54) is 13.2 Å². The summed E-state index contributed by atoms with van der Waals surface area (Å²) in [7, 11) is 3.11. The van der Waals surface area contributed by atoms with Crippen molar-refractivity contribution in [2.75, 3.05) is 13.7 Å². The summed E-state index contributed by atoms with van der Waals surface area (Å²) in [4.78, 5) is 23.0. The van der Waals surface area contributed by atoms with Crippen molar-refractivity contribution in [3.63, 3.8) is 0 Å². The lowest BCUT2D eigenvalue weighted by atomic mass is 10.1. The third kappa shape index (κ3) is 4.31. The number of hydrogen-bond donors (Lipinski definition) is 0. The van der Waals surface area contributed by atoms with Crippen LogP contribution in [0.5, 0.6) is 5.75 Å². The van der Waals surface area contributed by atoms with Gasteiger partial charge in [-0.15, -0.1) is 0 Å². The van der Waals surface area contributed by atoms with Crippen LogP contribution in [0.2, 0.25) is 0 Å². The molecule has 0 amide bonds. The topological polar surface area (TPSA) is 70.4 Å². The second-order valence-electron chi connectivity index (χ2n) is 4.53. The first-order valence-corrected chi connectivity index (χ1v) is 6.59. The SMILES string of the molecule is COC(=O)COc1ccc(C(=O)C=Cc2cnn(C)c2)cc1. The number of rotatable bonds is 6. The number of methoxy groups -OCH3 is 1. The molecule has 0 saturated heterocycles. The second kappa shape index (κ2) is 7.21. The zero-order chi connectivity index (χ0) is 15.9. The van der Waals surface area contributed by atoms with Crippen molar-refractivity contribution in [2.45, 2.75) is 0 Å². The van der Waals surface area contributed by atoms with Crippen LogP contribution in [0, 0.1) is 0 Å². The number of aromatic nitrogens is 2. The minimum Gasteiger partial charge on any atom is -0.482 e. The Labute approximate surface area is 128 Å². The van der Waals surface area contributed by atoms with Gasteiger partial charge in [0.25, 0.3) is 0 Å². The first-order chi connectivity index (χ1) is 10.6. The molecule has 0 saturated carbocycles. The molecule has 0 fully saturated rings. The molecule has 114 valence electrons. The maximum Gasteiger partial charge on any atom is 0.343 e. The molecule has 0 unspecified atom stereocenters. The van der Waals surface area contributed by atoms with E-state index in [4.69, 9.17) is 4.74 Å². The van der Waals surface area contributed by atoms with E-state index in [1.807, 2.05) is 13.2 Å². The summed E-state index contributed by atoms with van der Waals surface area (Å²) in [5, 5.41) is 4.02. The van der Waals surface area contributed by atoms with Gasteiger partial charge in [0.05, 0.1) is 13.3 Å². The predicted molar refractivity (Wildman–Crippen MR) is 80.5 cm³/mol. The second-order valence-corrected chi connectivity index (χ2v) is 4.53. The summed E-state index contributed by atoms with van der Waals surface area (Å²) in [5.74, 6) is -0.0823. The highest BCUT2D eigenvalue weighted by Gasteiger charge is 2.04. The third-order valence-electron chi connectivity index (χ3n) is 2.88. The van der Waals surface area contributed by atoms with Gasteiger partial charge in [0.2, 0.25) is 0 Å². The quantitative estimate of drug-likeness (QED) is 0.463.